The highest BCUT2D eigenvalue weighted by Crippen LogP contribution is 2.58. The molecule has 4 bridgehead atoms. The second kappa shape index (κ2) is 5.15. The number of quaternary nitrogens is 1. The van der Waals surface area contributed by atoms with Crippen molar-refractivity contribution in [3.63, 3.8) is 0 Å². The minimum atomic E-state index is -0.0749. The monoisotopic (exact) mass is 327 g/mol. The lowest BCUT2D eigenvalue weighted by Gasteiger charge is -2.69. The number of hydrogen-bond acceptors (Lipinski definition) is 2. The summed E-state index contributed by atoms with van der Waals surface area (Å²) in [5, 5.41) is 0. The molecule has 3 aliphatic heterocycles. The van der Waals surface area contributed by atoms with Crippen LogP contribution in [0, 0.1) is 17.8 Å². The first kappa shape index (κ1) is 16.3. The Kier molecular flexibility index (Phi) is 3.50. The third-order valence-corrected chi connectivity index (χ3v) is 8.01. The molecule has 130 valence electrons. The van der Waals surface area contributed by atoms with Gasteiger partial charge in [0.25, 0.3) is 0 Å². The summed E-state index contributed by atoms with van der Waals surface area (Å²) < 4.78 is 0.687. The van der Waals surface area contributed by atoms with Crippen molar-refractivity contribution >= 4 is 5.91 Å². The topological polar surface area (TPSA) is 43.1 Å². The zero-order chi connectivity index (χ0) is 17.2. The van der Waals surface area contributed by atoms with E-state index < -0.39 is 0 Å². The fourth-order valence-corrected chi connectivity index (χ4v) is 6.03. The fourth-order valence-electron chi connectivity index (χ4n) is 6.03. The number of piperidine rings is 3. The Labute approximate surface area is 145 Å². The standard InChI is InChI=1S/C21H31N2O/c1-20(2)16-11-17-13-23(20,14-18(12-16)21(17,3)22)19(24)10-9-15-7-5-4-6-8-15/h4-8,16-18H,9-14,22H2,1-3H3/q+1. The number of carbonyl (C=O) groups is 1. The van der Waals surface area contributed by atoms with Crippen molar-refractivity contribution in [3.05, 3.63) is 35.9 Å². The molecule has 3 saturated heterocycles. The second-order valence-electron chi connectivity index (χ2n) is 9.29. The molecule has 3 nitrogen and oxygen atoms in total. The Bertz CT molecular complexity index is 631. The average Bonchev–Trinajstić information content (AvgIpc) is 2.52. The number of nitrogens with two attached hydrogens (primary N) is 1. The summed E-state index contributed by atoms with van der Waals surface area (Å²) in [6, 6.07) is 10.4. The molecule has 5 rings (SSSR count). The smallest absolute Gasteiger partial charge is 0.314 e. The van der Waals surface area contributed by atoms with Crippen molar-refractivity contribution in [1.82, 2.24) is 0 Å². The summed E-state index contributed by atoms with van der Waals surface area (Å²) in [7, 11) is 0. The summed E-state index contributed by atoms with van der Waals surface area (Å²) in [5.41, 5.74) is 7.96. The summed E-state index contributed by atoms with van der Waals surface area (Å²) >= 11 is 0. The molecule has 1 aromatic rings. The molecular formula is C21H31N2O+. The van der Waals surface area contributed by atoms with Crippen LogP contribution in [-0.4, -0.2) is 34.6 Å². The molecule has 24 heavy (non-hydrogen) atoms. The molecule has 1 aromatic carbocycles. The van der Waals surface area contributed by atoms with Gasteiger partial charge in [0.15, 0.2) is 0 Å². The van der Waals surface area contributed by atoms with Gasteiger partial charge < -0.3 is 5.73 Å². The highest BCUT2D eigenvalue weighted by molar-refractivity contribution is 5.70. The first-order valence-electron chi connectivity index (χ1n) is 9.51. The number of carbonyl (C=O) groups excluding carboxylic acids is 1. The molecule has 4 fully saturated rings. The largest absolute Gasteiger partial charge is 0.324 e. The molecule has 1 saturated carbocycles. The van der Waals surface area contributed by atoms with Crippen LogP contribution in [0.2, 0.25) is 0 Å². The zero-order valence-electron chi connectivity index (χ0n) is 15.3. The number of aryl methyl sites for hydroxylation is 1. The summed E-state index contributed by atoms with van der Waals surface area (Å²) in [4.78, 5) is 13.4. The first-order chi connectivity index (χ1) is 11.3. The van der Waals surface area contributed by atoms with Crippen molar-refractivity contribution < 1.29 is 9.28 Å². The third kappa shape index (κ3) is 2.07. The molecular weight excluding hydrogens is 296 g/mol. The highest BCUT2D eigenvalue weighted by atomic mass is 16.2. The maximum absolute atomic E-state index is 13.4. The van der Waals surface area contributed by atoms with Crippen LogP contribution in [-0.2, 0) is 11.2 Å². The highest BCUT2D eigenvalue weighted by Gasteiger charge is 2.69. The molecule has 3 heteroatoms. The Morgan fingerprint density at radius 2 is 1.67 bits per heavy atom. The van der Waals surface area contributed by atoms with Crippen molar-refractivity contribution in [3.8, 4) is 0 Å². The van der Waals surface area contributed by atoms with Crippen LogP contribution < -0.4 is 5.73 Å². The number of amides is 1. The molecule has 3 heterocycles. The van der Waals surface area contributed by atoms with Gasteiger partial charge in [0, 0.05) is 23.3 Å². The zero-order valence-corrected chi connectivity index (χ0v) is 15.3. The quantitative estimate of drug-likeness (QED) is 0.867. The summed E-state index contributed by atoms with van der Waals surface area (Å²) in [6.07, 6.45) is 3.93. The van der Waals surface area contributed by atoms with Crippen molar-refractivity contribution in [1.29, 1.82) is 0 Å². The van der Waals surface area contributed by atoms with Gasteiger partial charge in [-0.05, 0) is 45.6 Å². The van der Waals surface area contributed by atoms with E-state index in [4.69, 9.17) is 5.73 Å². The number of hydrogen-bond donors (Lipinski definition) is 1. The van der Waals surface area contributed by atoms with E-state index in [0.29, 0.717) is 34.6 Å². The van der Waals surface area contributed by atoms with Crippen LogP contribution in [0.3, 0.4) is 0 Å². The molecule has 0 radical (unpaired) electrons. The molecule has 0 spiro atoms. The van der Waals surface area contributed by atoms with Gasteiger partial charge in [-0.3, -0.25) is 4.48 Å². The normalized spacial score (nSPS) is 42.2. The number of nitrogens with zero attached hydrogens (tertiary/aromatic N) is 1. The van der Waals surface area contributed by atoms with E-state index in [0.717, 1.165) is 19.5 Å². The van der Waals surface area contributed by atoms with Crippen molar-refractivity contribution in [2.24, 2.45) is 23.5 Å². The molecule has 2 unspecified atom stereocenters. The van der Waals surface area contributed by atoms with E-state index >= 15 is 0 Å². The Balaban J connectivity index is 1.59. The van der Waals surface area contributed by atoms with E-state index in [1.54, 1.807) is 0 Å². The predicted molar refractivity (Wildman–Crippen MR) is 96.1 cm³/mol. The maximum Gasteiger partial charge on any atom is 0.314 e. The van der Waals surface area contributed by atoms with Crippen molar-refractivity contribution in [2.45, 2.75) is 57.5 Å². The lowest BCUT2D eigenvalue weighted by atomic mass is 9.52. The average molecular weight is 327 g/mol. The van der Waals surface area contributed by atoms with Gasteiger partial charge in [-0.25, -0.2) is 4.79 Å². The minimum Gasteiger partial charge on any atom is -0.324 e. The summed E-state index contributed by atoms with van der Waals surface area (Å²) in [6.45, 7) is 8.83. The van der Waals surface area contributed by atoms with Gasteiger partial charge in [-0.2, -0.15) is 0 Å². The third-order valence-electron chi connectivity index (χ3n) is 8.01. The Morgan fingerprint density at radius 3 is 2.25 bits per heavy atom. The van der Waals surface area contributed by atoms with Gasteiger partial charge in [0.1, 0.15) is 5.54 Å². The van der Waals surface area contributed by atoms with E-state index in [1.165, 1.54) is 18.4 Å². The van der Waals surface area contributed by atoms with Crippen LogP contribution in [0.1, 0.15) is 45.6 Å². The molecule has 4 aliphatic rings. The number of benzene rings is 1. The van der Waals surface area contributed by atoms with Crippen molar-refractivity contribution in [2.75, 3.05) is 13.1 Å². The van der Waals surface area contributed by atoms with Gasteiger partial charge in [-0.1, -0.05) is 30.3 Å². The lowest BCUT2D eigenvalue weighted by molar-refractivity contribution is -0.935. The van der Waals surface area contributed by atoms with E-state index in [-0.39, 0.29) is 11.1 Å². The molecule has 1 aliphatic carbocycles. The van der Waals surface area contributed by atoms with Crippen LogP contribution in [0.15, 0.2) is 30.3 Å². The van der Waals surface area contributed by atoms with Gasteiger partial charge >= 0.3 is 5.91 Å². The van der Waals surface area contributed by atoms with Gasteiger partial charge in [-0.15, -0.1) is 0 Å². The van der Waals surface area contributed by atoms with Crippen LogP contribution in [0.4, 0.5) is 0 Å². The second-order valence-corrected chi connectivity index (χ2v) is 9.29. The predicted octanol–water partition coefficient (Wildman–Crippen LogP) is 3.13. The van der Waals surface area contributed by atoms with Crippen LogP contribution in [0.5, 0.6) is 0 Å². The molecule has 2 atom stereocenters. The van der Waals surface area contributed by atoms with Crippen LogP contribution in [0.25, 0.3) is 0 Å². The Morgan fingerprint density at radius 1 is 1.08 bits per heavy atom. The number of rotatable bonds is 3. The molecule has 2 N–H and O–H groups in total. The summed E-state index contributed by atoms with van der Waals surface area (Å²) in [5.74, 6) is 2.10. The van der Waals surface area contributed by atoms with Gasteiger partial charge in [0.05, 0.1) is 19.5 Å². The molecule has 0 aromatic heterocycles. The van der Waals surface area contributed by atoms with Gasteiger partial charge in [0.2, 0.25) is 0 Å². The molecule has 1 amide bonds. The minimum absolute atomic E-state index is 0.0667. The SMILES string of the molecule is CC1(N)C2CC3CC1C[N+](C(=O)CCc1ccccc1)(C2)C3(C)C. The van der Waals surface area contributed by atoms with E-state index in [9.17, 15) is 4.79 Å². The first-order valence-corrected chi connectivity index (χ1v) is 9.51. The Hall–Kier alpha value is -1.19. The lowest BCUT2D eigenvalue weighted by Crippen LogP contribution is -2.83. The fraction of sp³-hybridized carbons (Fsp3) is 0.667. The van der Waals surface area contributed by atoms with E-state index in [2.05, 4.69) is 45.0 Å². The van der Waals surface area contributed by atoms with Crippen LogP contribution >= 0.6 is 0 Å². The van der Waals surface area contributed by atoms with E-state index in [1.807, 2.05) is 6.07 Å². The maximum atomic E-state index is 13.4.